The first-order valence-corrected chi connectivity index (χ1v) is 6.46. The number of nitrogens with one attached hydrogen (secondary N) is 1. The number of likely N-dealkylation sites (N-methyl/N-ethyl adjacent to an activating group) is 1. The summed E-state index contributed by atoms with van der Waals surface area (Å²) >= 11 is 0. The van der Waals surface area contributed by atoms with Crippen LogP contribution in [0.2, 0.25) is 0 Å². The Kier molecular flexibility index (Phi) is 4.13. The zero-order chi connectivity index (χ0) is 13.8. The average molecular weight is 266 g/mol. The van der Waals surface area contributed by atoms with Crippen LogP contribution >= 0.6 is 0 Å². The second kappa shape index (κ2) is 5.81. The summed E-state index contributed by atoms with van der Waals surface area (Å²) in [4.78, 5) is 38.0. The summed E-state index contributed by atoms with van der Waals surface area (Å²) in [6.07, 6.45) is 2.65. The molecule has 0 aliphatic carbocycles. The molecule has 0 aromatic carbocycles. The molecule has 1 saturated heterocycles. The summed E-state index contributed by atoms with van der Waals surface area (Å²) in [5.74, 6) is -0.520. The van der Waals surface area contributed by atoms with E-state index in [0.29, 0.717) is 12.1 Å². The van der Waals surface area contributed by atoms with Gasteiger partial charge in [0.05, 0.1) is 6.54 Å². The van der Waals surface area contributed by atoms with E-state index in [4.69, 9.17) is 0 Å². The molecule has 0 spiro atoms. The molecule has 0 aromatic rings. The summed E-state index contributed by atoms with van der Waals surface area (Å²) in [5, 5.41) is 3.74. The van der Waals surface area contributed by atoms with Crippen molar-refractivity contribution < 1.29 is 14.4 Å². The Labute approximate surface area is 111 Å². The summed E-state index contributed by atoms with van der Waals surface area (Å²) in [7, 11) is 1.58. The molecule has 2 aliphatic heterocycles. The fraction of sp³-hybridized carbons (Fsp3) is 0.667. The van der Waals surface area contributed by atoms with Crippen LogP contribution in [0.15, 0.2) is 5.10 Å². The largest absolute Gasteiger partial charge is 0.341 e. The van der Waals surface area contributed by atoms with Crippen molar-refractivity contribution in [1.29, 1.82) is 0 Å². The van der Waals surface area contributed by atoms with E-state index in [2.05, 4.69) is 10.5 Å². The number of hydrogen-bond acceptors (Lipinski definition) is 4. The van der Waals surface area contributed by atoms with Crippen molar-refractivity contribution in [2.24, 2.45) is 5.10 Å². The summed E-state index contributed by atoms with van der Waals surface area (Å²) in [6, 6.07) is 0. The molecule has 1 N–H and O–H groups in total. The molecule has 104 valence electrons. The highest BCUT2D eigenvalue weighted by atomic mass is 16.2. The molecule has 19 heavy (non-hydrogen) atoms. The third-order valence-electron chi connectivity index (χ3n) is 3.33. The minimum Gasteiger partial charge on any atom is -0.341 e. The molecule has 0 atom stereocenters. The third-order valence-corrected chi connectivity index (χ3v) is 3.33. The fourth-order valence-electron chi connectivity index (χ4n) is 2.19. The van der Waals surface area contributed by atoms with E-state index >= 15 is 0 Å². The molecule has 0 radical (unpaired) electrons. The lowest BCUT2D eigenvalue weighted by Gasteiger charge is -2.22. The number of nitrogens with zero attached hydrogens (tertiary/aromatic N) is 3. The fourth-order valence-corrected chi connectivity index (χ4v) is 2.19. The van der Waals surface area contributed by atoms with Gasteiger partial charge in [0.15, 0.2) is 0 Å². The number of hydrazone groups is 1. The van der Waals surface area contributed by atoms with Gasteiger partial charge in [-0.05, 0) is 12.8 Å². The molecular weight excluding hydrogens is 248 g/mol. The van der Waals surface area contributed by atoms with Crippen LogP contribution in [0.25, 0.3) is 0 Å². The minimum atomic E-state index is -0.299. The number of rotatable bonds is 3. The Morgan fingerprint density at radius 3 is 2.58 bits per heavy atom. The quantitative estimate of drug-likeness (QED) is 0.735. The minimum absolute atomic E-state index is 0.0335. The van der Waals surface area contributed by atoms with Crippen LogP contribution in [0.5, 0.6) is 0 Å². The van der Waals surface area contributed by atoms with Gasteiger partial charge in [0.1, 0.15) is 5.71 Å². The SMILES string of the molecule is CN(CC(=O)N1CCCC1)C(=O)C1=NNC(=O)CC1. The first-order chi connectivity index (χ1) is 9.08. The van der Waals surface area contributed by atoms with Gasteiger partial charge in [-0.15, -0.1) is 0 Å². The van der Waals surface area contributed by atoms with Crippen LogP contribution in [0.1, 0.15) is 25.7 Å². The number of amides is 3. The molecule has 0 saturated carbocycles. The zero-order valence-corrected chi connectivity index (χ0v) is 11.0. The Hall–Kier alpha value is -1.92. The van der Waals surface area contributed by atoms with Crippen LogP contribution in [0.4, 0.5) is 0 Å². The Balaban J connectivity index is 1.88. The van der Waals surface area contributed by atoms with Crippen molar-refractivity contribution in [3.63, 3.8) is 0 Å². The molecule has 3 amide bonds. The van der Waals surface area contributed by atoms with E-state index < -0.39 is 0 Å². The predicted molar refractivity (Wildman–Crippen MR) is 68.3 cm³/mol. The highest BCUT2D eigenvalue weighted by Crippen LogP contribution is 2.08. The van der Waals surface area contributed by atoms with E-state index in [1.165, 1.54) is 4.90 Å². The van der Waals surface area contributed by atoms with Gasteiger partial charge >= 0.3 is 0 Å². The second-order valence-corrected chi connectivity index (χ2v) is 4.84. The zero-order valence-electron chi connectivity index (χ0n) is 11.0. The van der Waals surface area contributed by atoms with Gasteiger partial charge in [-0.2, -0.15) is 5.10 Å². The van der Waals surface area contributed by atoms with Gasteiger partial charge < -0.3 is 9.80 Å². The first-order valence-electron chi connectivity index (χ1n) is 6.46. The summed E-state index contributed by atoms with van der Waals surface area (Å²) in [6.45, 7) is 1.61. The monoisotopic (exact) mass is 266 g/mol. The van der Waals surface area contributed by atoms with Crippen molar-refractivity contribution in [2.75, 3.05) is 26.7 Å². The average Bonchev–Trinajstić information content (AvgIpc) is 2.92. The van der Waals surface area contributed by atoms with Crippen LogP contribution in [-0.2, 0) is 14.4 Å². The van der Waals surface area contributed by atoms with Crippen molar-refractivity contribution >= 4 is 23.4 Å². The maximum absolute atomic E-state index is 12.0. The van der Waals surface area contributed by atoms with Crippen molar-refractivity contribution in [1.82, 2.24) is 15.2 Å². The lowest BCUT2D eigenvalue weighted by Crippen LogP contribution is -2.43. The number of carbonyl (C=O) groups is 3. The van der Waals surface area contributed by atoms with E-state index in [1.54, 1.807) is 11.9 Å². The van der Waals surface area contributed by atoms with E-state index in [-0.39, 0.29) is 30.7 Å². The van der Waals surface area contributed by atoms with Gasteiger partial charge in [-0.25, -0.2) is 5.43 Å². The van der Waals surface area contributed by atoms with Crippen LogP contribution in [0, 0.1) is 0 Å². The molecular formula is C12H18N4O3. The highest BCUT2D eigenvalue weighted by molar-refractivity contribution is 6.39. The molecule has 2 rings (SSSR count). The van der Waals surface area contributed by atoms with Crippen molar-refractivity contribution in [3.8, 4) is 0 Å². The second-order valence-electron chi connectivity index (χ2n) is 4.84. The molecule has 7 nitrogen and oxygen atoms in total. The van der Waals surface area contributed by atoms with E-state index in [0.717, 1.165) is 25.9 Å². The predicted octanol–water partition coefficient (Wildman–Crippen LogP) is -0.667. The van der Waals surface area contributed by atoms with E-state index in [9.17, 15) is 14.4 Å². The smallest absolute Gasteiger partial charge is 0.270 e. The summed E-state index contributed by atoms with van der Waals surface area (Å²) < 4.78 is 0. The maximum atomic E-state index is 12.0. The first kappa shape index (κ1) is 13.5. The van der Waals surface area contributed by atoms with Gasteiger partial charge in [-0.3, -0.25) is 14.4 Å². The van der Waals surface area contributed by atoms with Crippen LogP contribution in [-0.4, -0.2) is 59.9 Å². The van der Waals surface area contributed by atoms with Gasteiger partial charge in [0, 0.05) is 33.0 Å². The van der Waals surface area contributed by atoms with Gasteiger partial charge in [0.25, 0.3) is 5.91 Å². The van der Waals surface area contributed by atoms with Crippen LogP contribution in [0.3, 0.4) is 0 Å². The Morgan fingerprint density at radius 1 is 1.32 bits per heavy atom. The molecule has 7 heteroatoms. The molecule has 0 aromatic heterocycles. The number of hydrogen-bond donors (Lipinski definition) is 1. The number of likely N-dealkylation sites (tertiary alicyclic amines) is 1. The van der Waals surface area contributed by atoms with E-state index in [1.807, 2.05) is 0 Å². The number of carbonyl (C=O) groups excluding carboxylic acids is 3. The Morgan fingerprint density at radius 2 is 2.00 bits per heavy atom. The normalized spacial score (nSPS) is 18.9. The standard InChI is InChI=1S/C12H18N4O3/c1-15(8-11(18)16-6-2-3-7-16)12(19)9-4-5-10(17)14-13-9/h2-8H2,1H3,(H,14,17). The van der Waals surface area contributed by atoms with Gasteiger partial charge in [0.2, 0.25) is 11.8 Å². The molecule has 0 bridgehead atoms. The lowest BCUT2D eigenvalue weighted by atomic mass is 10.1. The third kappa shape index (κ3) is 3.30. The van der Waals surface area contributed by atoms with Crippen LogP contribution < -0.4 is 5.43 Å². The highest BCUT2D eigenvalue weighted by Gasteiger charge is 2.25. The Bertz CT molecular complexity index is 427. The molecule has 2 heterocycles. The topological polar surface area (TPSA) is 82.1 Å². The summed E-state index contributed by atoms with van der Waals surface area (Å²) in [5.41, 5.74) is 2.58. The van der Waals surface area contributed by atoms with Gasteiger partial charge in [-0.1, -0.05) is 0 Å². The molecule has 0 unspecified atom stereocenters. The maximum Gasteiger partial charge on any atom is 0.270 e. The molecule has 2 aliphatic rings. The van der Waals surface area contributed by atoms with Crippen molar-refractivity contribution in [3.05, 3.63) is 0 Å². The molecule has 1 fully saturated rings. The van der Waals surface area contributed by atoms with Crippen molar-refractivity contribution in [2.45, 2.75) is 25.7 Å². The lowest BCUT2D eigenvalue weighted by molar-refractivity contribution is -0.135.